The number of ether oxygens (including phenoxy) is 1. The second kappa shape index (κ2) is 9.24. The molecule has 0 unspecified atom stereocenters. The minimum absolute atomic E-state index is 0.0519. The van der Waals surface area contributed by atoms with Gasteiger partial charge in [0.25, 0.3) is 5.91 Å². The van der Waals surface area contributed by atoms with Gasteiger partial charge in [0, 0.05) is 43.6 Å². The van der Waals surface area contributed by atoms with Crippen molar-refractivity contribution in [1.29, 1.82) is 5.26 Å². The summed E-state index contributed by atoms with van der Waals surface area (Å²) in [5, 5.41) is 12.0. The fourth-order valence-electron chi connectivity index (χ4n) is 2.70. The van der Waals surface area contributed by atoms with Gasteiger partial charge in [-0.2, -0.15) is 5.26 Å². The van der Waals surface area contributed by atoms with Crippen molar-refractivity contribution in [1.82, 2.24) is 9.80 Å². The van der Waals surface area contributed by atoms with E-state index in [9.17, 15) is 19.6 Å². The molecule has 0 radical (unpaired) electrons. The van der Waals surface area contributed by atoms with Gasteiger partial charge >= 0.3 is 6.09 Å². The fraction of sp³-hybridized carbons (Fsp3) is 0.429. The Balaban J connectivity index is 1.97. The van der Waals surface area contributed by atoms with Gasteiger partial charge in [0.05, 0.1) is 0 Å². The van der Waals surface area contributed by atoms with Crippen molar-refractivity contribution in [2.45, 2.75) is 33.3 Å². The van der Waals surface area contributed by atoms with Gasteiger partial charge in [0.2, 0.25) is 0 Å². The number of carbonyl (C=O) groups excluding carboxylic acids is 3. The number of hydrogen-bond acceptors (Lipinski definition) is 6. The summed E-state index contributed by atoms with van der Waals surface area (Å²) < 4.78 is 5.36. The van der Waals surface area contributed by atoms with Crippen LogP contribution in [0.3, 0.4) is 0 Å². The van der Waals surface area contributed by atoms with E-state index >= 15 is 0 Å². The van der Waals surface area contributed by atoms with Crippen LogP contribution in [-0.4, -0.2) is 59.4 Å². The van der Waals surface area contributed by atoms with Crippen molar-refractivity contribution in [2.24, 2.45) is 0 Å². The predicted octanol–water partition coefficient (Wildman–Crippen LogP) is 2.79. The van der Waals surface area contributed by atoms with Gasteiger partial charge < -0.3 is 19.9 Å². The maximum atomic E-state index is 12.4. The van der Waals surface area contributed by atoms with Gasteiger partial charge in [-0.25, -0.2) is 4.79 Å². The quantitative estimate of drug-likeness (QED) is 0.475. The summed E-state index contributed by atoms with van der Waals surface area (Å²) in [6.45, 7) is 8.72. The van der Waals surface area contributed by atoms with Crippen LogP contribution >= 0.6 is 0 Å². The predicted molar refractivity (Wildman–Crippen MR) is 108 cm³/mol. The molecule has 1 aliphatic heterocycles. The zero-order valence-corrected chi connectivity index (χ0v) is 17.2. The van der Waals surface area contributed by atoms with E-state index in [-0.39, 0.29) is 17.4 Å². The van der Waals surface area contributed by atoms with Crippen molar-refractivity contribution >= 4 is 23.5 Å². The van der Waals surface area contributed by atoms with E-state index < -0.39 is 11.5 Å². The Labute approximate surface area is 170 Å². The molecule has 0 spiro atoms. The number of nitrogens with one attached hydrogen (secondary N) is 1. The molecule has 1 aromatic rings. The minimum atomic E-state index is -0.556. The molecule has 2 rings (SSSR count). The maximum Gasteiger partial charge on any atom is 0.410 e. The Hall–Kier alpha value is -3.34. The normalized spacial score (nSPS) is 14.8. The van der Waals surface area contributed by atoms with Crippen molar-refractivity contribution in [3.63, 3.8) is 0 Å². The van der Waals surface area contributed by atoms with Gasteiger partial charge in [-0.05, 0) is 39.8 Å². The van der Waals surface area contributed by atoms with Crippen LogP contribution in [0.15, 0.2) is 36.0 Å². The topological polar surface area (TPSA) is 103 Å². The lowest BCUT2D eigenvalue weighted by molar-refractivity contribution is -0.112. The molecule has 1 aromatic carbocycles. The number of amides is 2. The minimum Gasteiger partial charge on any atom is -0.444 e. The number of piperazine rings is 1. The molecule has 1 aliphatic rings. The zero-order valence-electron chi connectivity index (χ0n) is 17.2. The lowest BCUT2D eigenvalue weighted by Gasteiger charge is -2.35. The number of rotatable bonds is 4. The SMILES string of the molecule is CC(=O)c1cccc(NC(=O)/C(C#N)=C\N2CCN(C(=O)OC(C)(C)C)CC2)c1. The Morgan fingerprint density at radius 3 is 2.38 bits per heavy atom. The second-order valence-electron chi connectivity index (χ2n) is 7.75. The first-order valence-electron chi connectivity index (χ1n) is 9.35. The summed E-state index contributed by atoms with van der Waals surface area (Å²) in [6.07, 6.45) is 1.13. The lowest BCUT2D eigenvalue weighted by Crippen LogP contribution is -2.48. The number of ketones is 1. The lowest BCUT2D eigenvalue weighted by atomic mass is 10.1. The number of nitrogens with zero attached hydrogens (tertiary/aromatic N) is 3. The van der Waals surface area contributed by atoms with Crippen molar-refractivity contribution in [2.75, 3.05) is 31.5 Å². The molecule has 8 heteroatoms. The zero-order chi connectivity index (χ0) is 21.6. The van der Waals surface area contributed by atoms with E-state index in [0.717, 1.165) is 0 Å². The van der Waals surface area contributed by atoms with Crippen molar-refractivity contribution in [3.8, 4) is 6.07 Å². The first-order valence-corrected chi connectivity index (χ1v) is 9.35. The molecule has 0 aliphatic carbocycles. The first-order chi connectivity index (χ1) is 13.6. The van der Waals surface area contributed by atoms with Crippen LogP contribution < -0.4 is 5.32 Å². The van der Waals surface area contributed by atoms with Gasteiger partial charge in [0.1, 0.15) is 17.2 Å². The summed E-state index contributed by atoms with van der Waals surface area (Å²) >= 11 is 0. The highest BCUT2D eigenvalue weighted by Crippen LogP contribution is 2.14. The molecule has 1 fully saturated rings. The summed E-state index contributed by atoms with van der Waals surface area (Å²) in [6, 6.07) is 8.44. The average molecular weight is 398 g/mol. The van der Waals surface area contributed by atoms with Gasteiger partial charge in [-0.15, -0.1) is 0 Å². The standard InChI is InChI=1S/C21H26N4O4/c1-15(26)16-6-5-7-18(12-16)23-19(27)17(13-22)14-24-8-10-25(11-9-24)20(28)29-21(2,3)4/h5-7,12,14H,8-11H2,1-4H3,(H,23,27)/b17-14-. The molecule has 8 nitrogen and oxygen atoms in total. The number of carbonyl (C=O) groups is 3. The number of hydrogen-bond donors (Lipinski definition) is 1. The molecule has 1 heterocycles. The molecule has 154 valence electrons. The summed E-state index contributed by atoms with van der Waals surface area (Å²) in [4.78, 5) is 39.4. The number of benzene rings is 1. The molecular formula is C21H26N4O4. The Bertz CT molecular complexity index is 856. The first kappa shape index (κ1) is 22.0. The molecule has 0 saturated carbocycles. The Morgan fingerprint density at radius 2 is 1.83 bits per heavy atom. The summed E-state index contributed by atoms with van der Waals surface area (Å²) in [5.41, 5.74) is 0.311. The summed E-state index contributed by atoms with van der Waals surface area (Å²) in [5.74, 6) is -0.664. The van der Waals surface area contributed by atoms with Gasteiger partial charge in [-0.3, -0.25) is 9.59 Å². The number of nitriles is 1. The third kappa shape index (κ3) is 6.64. The molecule has 0 aromatic heterocycles. The summed E-state index contributed by atoms with van der Waals surface area (Å²) in [7, 11) is 0. The highest BCUT2D eigenvalue weighted by Gasteiger charge is 2.25. The highest BCUT2D eigenvalue weighted by molar-refractivity contribution is 6.07. The highest BCUT2D eigenvalue weighted by atomic mass is 16.6. The van der Waals surface area contributed by atoms with Crippen LogP contribution in [-0.2, 0) is 9.53 Å². The third-order valence-electron chi connectivity index (χ3n) is 4.17. The van der Waals surface area contributed by atoms with Gasteiger partial charge in [0.15, 0.2) is 5.78 Å². The molecular weight excluding hydrogens is 372 g/mol. The van der Waals surface area contributed by atoms with Crippen LogP contribution in [0.1, 0.15) is 38.1 Å². The van der Waals surface area contributed by atoms with E-state index in [1.54, 1.807) is 29.2 Å². The number of anilines is 1. The van der Waals surface area contributed by atoms with Crippen LogP contribution in [0.5, 0.6) is 0 Å². The molecule has 0 bridgehead atoms. The molecule has 2 amide bonds. The maximum absolute atomic E-state index is 12.4. The van der Waals surface area contributed by atoms with Crippen molar-refractivity contribution in [3.05, 3.63) is 41.6 Å². The van der Waals surface area contributed by atoms with E-state index in [2.05, 4.69) is 5.32 Å². The Kier molecular flexibility index (Phi) is 6.99. The average Bonchev–Trinajstić information content (AvgIpc) is 2.65. The van der Waals surface area contributed by atoms with Crippen LogP contribution in [0.4, 0.5) is 10.5 Å². The van der Waals surface area contributed by atoms with Crippen LogP contribution in [0, 0.1) is 11.3 Å². The molecule has 29 heavy (non-hydrogen) atoms. The monoisotopic (exact) mass is 398 g/mol. The Morgan fingerprint density at radius 1 is 1.17 bits per heavy atom. The second-order valence-corrected chi connectivity index (χ2v) is 7.75. The smallest absolute Gasteiger partial charge is 0.410 e. The molecule has 1 saturated heterocycles. The largest absolute Gasteiger partial charge is 0.444 e. The van der Waals surface area contributed by atoms with E-state index in [0.29, 0.717) is 37.4 Å². The van der Waals surface area contributed by atoms with Crippen LogP contribution in [0.2, 0.25) is 0 Å². The van der Waals surface area contributed by atoms with Gasteiger partial charge in [-0.1, -0.05) is 12.1 Å². The third-order valence-corrected chi connectivity index (χ3v) is 4.17. The fourth-order valence-corrected chi connectivity index (χ4v) is 2.70. The van der Waals surface area contributed by atoms with Crippen LogP contribution in [0.25, 0.3) is 0 Å². The molecule has 0 atom stereocenters. The van der Waals surface area contributed by atoms with Crippen molar-refractivity contribution < 1.29 is 19.1 Å². The number of Topliss-reactive ketones (excluding diaryl/α,β-unsaturated/α-hetero) is 1. The van der Waals surface area contributed by atoms with E-state index in [4.69, 9.17) is 4.74 Å². The van der Waals surface area contributed by atoms with E-state index in [1.165, 1.54) is 13.1 Å². The van der Waals surface area contributed by atoms with E-state index in [1.807, 2.05) is 31.7 Å². The molecule has 1 N–H and O–H groups in total.